The summed E-state index contributed by atoms with van der Waals surface area (Å²) in [6.07, 6.45) is 2.85. The Balaban J connectivity index is 1.74. The summed E-state index contributed by atoms with van der Waals surface area (Å²) in [6, 6.07) is 6.59. The summed E-state index contributed by atoms with van der Waals surface area (Å²) in [5.41, 5.74) is 8.66. The number of hydrogen-bond acceptors (Lipinski definition) is 5. The summed E-state index contributed by atoms with van der Waals surface area (Å²) >= 11 is 1.72. The molecule has 0 saturated heterocycles. The average molecular weight is 289 g/mol. The molecule has 1 unspecified atom stereocenters. The molecule has 5 heteroatoms. The number of thiazole rings is 1. The van der Waals surface area contributed by atoms with Gasteiger partial charge in [-0.15, -0.1) is 11.3 Å². The molecule has 106 valence electrons. The van der Waals surface area contributed by atoms with E-state index in [0.717, 1.165) is 25.3 Å². The third kappa shape index (κ3) is 2.57. The molecule has 2 aromatic rings. The van der Waals surface area contributed by atoms with Crippen LogP contribution in [0.2, 0.25) is 0 Å². The molecule has 4 nitrogen and oxygen atoms in total. The van der Waals surface area contributed by atoms with Crippen molar-refractivity contribution < 1.29 is 4.74 Å². The Bertz CT molecular complexity index is 571. The number of ether oxygens (including phenoxy) is 1. The first-order valence-corrected chi connectivity index (χ1v) is 7.69. The number of fused-ring (bicyclic) bond motifs is 1. The third-order valence-corrected chi connectivity index (χ3v) is 4.69. The van der Waals surface area contributed by atoms with E-state index in [1.165, 1.54) is 16.1 Å². The van der Waals surface area contributed by atoms with Gasteiger partial charge in [0.15, 0.2) is 0 Å². The number of methoxy groups -OCH3 is 1. The van der Waals surface area contributed by atoms with Crippen LogP contribution in [0.15, 0.2) is 29.8 Å². The molecule has 0 amide bonds. The topological polar surface area (TPSA) is 51.4 Å². The summed E-state index contributed by atoms with van der Waals surface area (Å²) in [5, 5.41) is 3.22. The van der Waals surface area contributed by atoms with Crippen LogP contribution in [-0.4, -0.2) is 30.1 Å². The molecule has 0 saturated carbocycles. The van der Waals surface area contributed by atoms with Gasteiger partial charge in [-0.1, -0.05) is 6.07 Å². The fraction of sp³-hybridized carbons (Fsp3) is 0.400. The van der Waals surface area contributed by atoms with Gasteiger partial charge in [-0.05, 0) is 23.3 Å². The molecule has 1 aromatic carbocycles. The largest absolute Gasteiger partial charge is 0.497 e. The van der Waals surface area contributed by atoms with Crippen molar-refractivity contribution in [3.8, 4) is 5.75 Å². The Morgan fingerprint density at radius 3 is 3.10 bits per heavy atom. The van der Waals surface area contributed by atoms with E-state index in [0.29, 0.717) is 12.6 Å². The standard InChI is InChI=1S/C15H19N3OS/c1-19-12-3-2-11-10-18(14(9-16)13(11)8-12)6-4-15-17-5-7-20-15/h2-3,5,7-8,14H,4,6,9-10,16H2,1H3. The van der Waals surface area contributed by atoms with Crippen LogP contribution in [0, 0.1) is 0 Å². The molecule has 0 bridgehead atoms. The monoisotopic (exact) mass is 289 g/mol. The molecular formula is C15H19N3OS. The van der Waals surface area contributed by atoms with Gasteiger partial charge in [0.25, 0.3) is 0 Å². The van der Waals surface area contributed by atoms with E-state index in [1.807, 2.05) is 17.6 Å². The van der Waals surface area contributed by atoms with Gasteiger partial charge >= 0.3 is 0 Å². The van der Waals surface area contributed by atoms with Gasteiger partial charge in [0, 0.05) is 43.7 Å². The molecular weight excluding hydrogens is 270 g/mol. The zero-order valence-electron chi connectivity index (χ0n) is 11.6. The Kier molecular flexibility index (Phi) is 4.00. The van der Waals surface area contributed by atoms with Gasteiger partial charge in [0.05, 0.1) is 12.1 Å². The number of rotatable bonds is 5. The van der Waals surface area contributed by atoms with Crippen molar-refractivity contribution >= 4 is 11.3 Å². The number of nitrogens with two attached hydrogens (primary N) is 1. The van der Waals surface area contributed by atoms with Crippen LogP contribution in [0.3, 0.4) is 0 Å². The van der Waals surface area contributed by atoms with E-state index in [9.17, 15) is 0 Å². The van der Waals surface area contributed by atoms with Crippen LogP contribution in [0.4, 0.5) is 0 Å². The lowest BCUT2D eigenvalue weighted by Crippen LogP contribution is -2.29. The molecule has 20 heavy (non-hydrogen) atoms. The Labute approximate surface area is 123 Å². The van der Waals surface area contributed by atoms with Gasteiger partial charge in [-0.25, -0.2) is 4.98 Å². The first-order chi connectivity index (χ1) is 9.81. The minimum absolute atomic E-state index is 0.292. The Morgan fingerprint density at radius 2 is 2.40 bits per heavy atom. The van der Waals surface area contributed by atoms with Crippen LogP contribution < -0.4 is 10.5 Å². The van der Waals surface area contributed by atoms with Crippen LogP contribution in [-0.2, 0) is 13.0 Å². The van der Waals surface area contributed by atoms with Crippen LogP contribution in [0.1, 0.15) is 22.2 Å². The van der Waals surface area contributed by atoms with Crippen molar-refractivity contribution in [2.24, 2.45) is 5.73 Å². The lowest BCUT2D eigenvalue weighted by atomic mass is 10.0. The van der Waals surface area contributed by atoms with Crippen molar-refractivity contribution in [2.45, 2.75) is 19.0 Å². The fourth-order valence-corrected chi connectivity index (χ4v) is 3.42. The van der Waals surface area contributed by atoms with Gasteiger partial charge in [-0.3, -0.25) is 4.90 Å². The molecule has 0 aliphatic carbocycles. The number of hydrogen-bond donors (Lipinski definition) is 1. The lowest BCUT2D eigenvalue weighted by Gasteiger charge is -2.23. The van der Waals surface area contributed by atoms with Gasteiger partial charge in [0.1, 0.15) is 5.75 Å². The van der Waals surface area contributed by atoms with Gasteiger partial charge in [0.2, 0.25) is 0 Å². The molecule has 0 fully saturated rings. The fourth-order valence-electron chi connectivity index (χ4n) is 2.81. The molecule has 1 atom stereocenters. The highest BCUT2D eigenvalue weighted by molar-refractivity contribution is 7.09. The van der Waals surface area contributed by atoms with E-state index in [4.69, 9.17) is 10.5 Å². The molecule has 1 aromatic heterocycles. The van der Waals surface area contributed by atoms with E-state index in [2.05, 4.69) is 22.0 Å². The van der Waals surface area contributed by atoms with Gasteiger partial charge < -0.3 is 10.5 Å². The van der Waals surface area contributed by atoms with Crippen molar-refractivity contribution in [3.05, 3.63) is 45.9 Å². The lowest BCUT2D eigenvalue weighted by molar-refractivity contribution is 0.222. The average Bonchev–Trinajstić information content (AvgIpc) is 3.11. The second-order valence-electron chi connectivity index (χ2n) is 4.96. The van der Waals surface area contributed by atoms with Crippen LogP contribution >= 0.6 is 11.3 Å². The number of nitrogens with zero attached hydrogens (tertiary/aromatic N) is 2. The predicted molar refractivity (Wildman–Crippen MR) is 81.0 cm³/mol. The minimum Gasteiger partial charge on any atom is -0.497 e. The van der Waals surface area contributed by atoms with Crippen molar-refractivity contribution in [2.75, 3.05) is 20.2 Å². The summed E-state index contributed by atoms with van der Waals surface area (Å²) in [6.45, 7) is 2.59. The van der Waals surface area contributed by atoms with E-state index in [-0.39, 0.29) is 0 Å². The highest BCUT2D eigenvalue weighted by atomic mass is 32.1. The number of aromatic nitrogens is 1. The number of benzene rings is 1. The SMILES string of the molecule is COc1ccc2c(c1)C(CN)N(CCc1nccs1)C2. The zero-order chi connectivity index (χ0) is 13.9. The maximum atomic E-state index is 5.98. The second kappa shape index (κ2) is 5.91. The molecule has 2 N–H and O–H groups in total. The highest BCUT2D eigenvalue weighted by Crippen LogP contribution is 2.35. The van der Waals surface area contributed by atoms with Crippen molar-refractivity contribution in [1.82, 2.24) is 9.88 Å². The summed E-state index contributed by atoms with van der Waals surface area (Å²) < 4.78 is 5.32. The zero-order valence-corrected chi connectivity index (χ0v) is 12.4. The first kappa shape index (κ1) is 13.5. The summed E-state index contributed by atoms with van der Waals surface area (Å²) in [7, 11) is 1.70. The van der Waals surface area contributed by atoms with Crippen LogP contribution in [0.5, 0.6) is 5.75 Å². The highest BCUT2D eigenvalue weighted by Gasteiger charge is 2.29. The van der Waals surface area contributed by atoms with E-state index in [1.54, 1.807) is 18.4 Å². The minimum atomic E-state index is 0.292. The normalized spacial score (nSPS) is 18.2. The predicted octanol–water partition coefficient (Wildman–Crippen LogP) is 2.21. The van der Waals surface area contributed by atoms with E-state index >= 15 is 0 Å². The second-order valence-corrected chi connectivity index (χ2v) is 5.94. The smallest absolute Gasteiger partial charge is 0.119 e. The summed E-state index contributed by atoms with van der Waals surface area (Å²) in [5.74, 6) is 0.906. The summed E-state index contributed by atoms with van der Waals surface area (Å²) in [4.78, 5) is 6.78. The molecule has 2 heterocycles. The van der Waals surface area contributed by atoms with Crippen molar-refractivity contribution in [3.63, 3.8) is 0 Å². The Hall–Kier alpha value is -1.43. The maximum absolute atomic E-state index is 5.98. The quantitative estimate of drug-likeness (QED) is 0.917. The molecule has 1 aliphatic rings. The third-order valence-electron chi connectivity index (χ3n) is 3.85. The molecule has 1 aliphatic heterocycles. The first-order valence-electron chi connectivity index (χ1n) is 6.81. The van der Waals surface area contributed by atoms with Crippen molar-refractivity contribution in [1.29, 1.82) is 0 Å². The van der Waals surface area contributed by atoms with E-state index < -0.39 is 0 Å². The molecule has 0 spiro atoms. The molecule has 0 radical (unpaired) electrons. The Morgan fingerprint density at radius 1 is 1.50 bits per heavy atom. The van der Waals surface area contributed by atoms with Crippen LogP contribution in [0.25, 0.3) is 0 Å². The molecule has 3 rings (SSSR count). The van der Waals surface area contributed by atoms with Gasteiger partial charge in [-0.2, -0.15) is 0 Å². The maximum Gasteiger partial charge on any atom is 0.119 e.